The van der Waals surface area contributed by atoms with Crippen LogP contribution in [0.25, 0.3) is 11.1 Å². The Morgan fingerprint density at radius 1 is 1.25 bits per heavy atom. The van der Waals surface area contributed by atoms with Gasteiger partial charge in [-0.25, -0.2) is 4.79 Å². The minimum atomic E-state index is -4.95. The van der Waals surface area contributed by atoms with Crippen LogP contribution in [-0.2, 0) is 11.3 Å². The van der Waals surface area contributed by atoms with Crippen LogP contribution in [0.3, 0.4) is 0 Å². The average molecular weight is 397 g/mol. The molecule has 0 saturated carbocycles. The summed E-state index contributed by atoms with van der Waals surface area (Å²) in [7, 11) is 0. The summed E-state index contributed by atoms with van der Waals surface area (Å²) >= 11 is 0. The molecule has 0 aliphatic carbocycles. The van der Waals surface area contributed by atoms with Crippen molar-refractivity contribution >= 4 is 28.4 Å². The van der Waals surface area contributed by atoms with E-state index in [1.807, 2.05) is 0 Å². The van der Waals surface area contributed by atoms with Crippen molar-refractivity contribution in [3.63, 3.8) is 0 Å². The van der Waals surface area contributed by atoms with Crippen molar-refractivity contribution in [2.75, 3.05) is 5.32 Å². The molecule has 0 saturated heterocycles. The van der Waals surface area contributed by atoms with Gasteiger partial charge in [-0.2, -0.15) is 0 Å². The number of nitro groups is 1. The molecule has 12 heteroatoms. The van der Waals surface area contributed by atoms with Crippen molar-refractivity contribution in [2.45, 2.75) is 12.9 Å². The highest BCUT2D eigenvalue weighted by atomic mass is 19.4. The van der Waals surface area contributed by atoms with Crippen molar-refractivity contribution in [2.24, 2.45) is 0 Å². The van der Waals surface area contributed by atoms with E-state index >= 15 is 0 Å². The number of aromatic nitrogens is 1. The van der Waals surface area contributed by atoms with E-state index in [0.717, 1.165) is 22.8 Å². The minimum absolute atomic E-state index is 0.104. The zero-order valence-electron chi connectivity index (χ0n) is 13.7. The number of anilines is 1. The Morgan fingerprint density at radius 3 is 2.64 bits per heavy atom. The predicted molar refractivity (Wildman–Crippen MR) is 88.9 cm³/mol. The number of alkyl halides is 3. The van der Waals surface area contributed by atoms with Crippen LogP contribution in [-0.4, -0.2) is 21.8 Å². The molecule has 0 atom stereocenters. The lowest BCUT2D eigenvalue weighted by atomic mass is 10.3. The first kappa shape index (κ1) is 18.9. The van der Waals surface area contributed by atoms with E-state index in [0.29, 0.717) is 0 Å². The number of fused-ring (bicyclic) bond motifs is 1. The number of amides is 1. The molecule has 0 radical (unpaired) electrons. The Morgan fingerprint density at radius 2 is 1.96 bits per heavy atom. The fourth-order valence-corrected chi connectivity index (χ4v) is 2.44. The van der Waals surface area contributed by atoms with E-state index in [9.17, 15) is 32.9 Å². The summed E-state index contributed by atoms with van der Waals surface area (Å²) in [6, 6.07) is 8.26. The molecular formula is C16H10F3N3O6. The Kier molecular flexibility index (Phi) is 4.78. The lowest BCUT2D eigenvalue weighted by Gasteiger charge is -2.13. The second-order valence-corrected chi connectivity index (χ2v) is 5.46. The summed E-state index contributed by atoms with van der Waals surface area (Å²) in [6.45, 7) is -0.593. The Hall–Kier alpha value is -3.83. The van der Waals surface area contributed by atoms with E-state index in [1.165, 1.54) is 24.3 Å². The second kappa shape index (κ2) is 7.06. The number of benzene rings is 2. The maximum atomic E-state index is 12.4. The van der Waals surface area contributed by atoms with Gasteiger partial charge in [-0.05, 0) is 18.2 Å². The molecule has 1 aromatic heterocycles. The third-order valence-corrected chi connectivity index (χ3v) is 3.55. The number of halogens is 3. The summed E-state index contributed by atoms with van der Waals surface area (Å²) < 4.78 is 46.9. The number of carbonyl (C=O) groups excluding carboxylic acids is 1. The predicted octanol–water partition coefficient (Wildman–Crippen LogP) is 3.04. The molecule has 0 aliphatic rings. The largest absolute Gasteiger partial charge is 0.573 e. The average Bonchev–Trinajstić information content (AvgIpc) is 2.90. The molecule has 3 rings (SSSR count). The normalized spacial score (nSPS) is 11.4. The minimum Gasteiger partial charge on any atom is -0.407 e. The van der Waals surface area contributed by atoms with E-state index in [2.05, 4.69) is 10.1 Å². The number of nitro benzene ring substituents is 1. The first-order chi connectivity index (χ1) is 13.1. The van der Waals surface area contributed by atoms with Gasteiger partial charge < -0.3 is 14.5 Å². The summed E-state index contributed by atoms with van der Waals surface area (Å²) in [5.74, 6) is -2.41. The number of ether oxygens (including phenoxy) is 1. The summed E-state index contributed by atoms with van der Waals surface area (Å²) in [5.41, 5.74) is -0.546. The number of hydrogen-bond donors (Lipinski definition) is 1. The number of rotatable bonds is 5. The fourth-order valence-electron chi connectivity index (χ4n) is 2.44. The topological polar surface area (TPSA) is 117 Å². The number of non-ortho nitro benzene ring substituents is 1. The highest BCUT2D eigenvalue weighted by molar-refractivity contribution is 5.93. The molecule has 9 nitrogen and oxygen atoms in total. The van der Waals surface area contributed by atoms with Crippen molar-refractivity contribution in [3.05, 3.63) is 63.1 Å². The van der Waals surface area contributed by atoms with Gasteiger partial charge in [-0.15, -0.1) is 13.2 Å². The number of nitrogens with zero attached hydrogens (tertiary/aromatic N) is 2. The molecule has 3 aromatic rings. The van der Waals surface area contributed by atoms with Crippen LogP contribution in [0.2, 0.25) is 0 Å². The quantitative estimate of drug-likeness (QED) is 0.522. The van der Waals surface area contributed by atoms with Gasteiger partial charge in [0.15, 0.2) is 11.3 Å². The van der Waals surface area contributed by atoms with Gasteiger partial charge in [0.2, 0.25) is 5.91 Å². The number of para-hydroxylation sites is 2. The number of nitrogens with one attached hydrogen (secondary N) is 1. The van der Waals surface area contributed by atoms with Gasteiger partial charge in [0.1, 0.15) is 6.54 Å². The number of carbonyl (C=O) groups is 1. The van der Waals surface area contributed by atoms with Crippen molar-refractivity contribution < 1.29 is 32.0 Å². The summed E-state index contributed by atoms with van der Waals surface area (Å²) in [4.78, 5) is 34.2. The van der Waals surface area contributed by atoms with E-state index in [4.69, 9.17) is 4.42 Å². The maximum absolute atomic E-state index is 12.4. The first-order valence-corrected chi connectivity index (χ1v) is 7.56. The van der Waals surface area contributed by atoms with Crippen LogP contribution in [0, 0.1) is 10.1 Å². The van der Waals surface area contributed by atoms with Gasteiger partial charge >= 0.3 is 12.1 Å². The Balaban J connectivity index is 1.84. The third kappa shape index (κ3) is 4.11. The molecule has 28 heavy (non-hydrogen) atoms. The lowest BCUT2D eigenvalue weighted by molar-refractivity contribution is -0.384. The Labute approximate surface area is 153 Å². The molecular weight excluding hydrogens is 387 g/mol. The van der Waals surface area contributed by atoms with E-state index in [1.54, 1.807) is 0 Å². The van der Waals surface area contributed by atoms with Crippen LogP contribution < -0.4 is 15.8 Å². The second-order valence-electron chi connectivity index (χ2n) is 5.46. The molecule has 0 bridgehead atoms. The number of hydrogen-bond acceptors (Lipinski definition) is 6. The van der Waals surface area contributed by atoms with Crippen LogP contribution in [0.5, 0.6) is 5.75 Å². The lowest BCUT2D eigenvalue weighted by Crippen LogP contribution is -2.25. The smallest absolute Gasteiger partial charge is 0.407 e. The maximum Gasteiger partial charge on any atom is 0.573 e. The van der Waals surface area contributed by atoms with Gasteiger partial charge in [-0.3, -0.25) is 19.5 Å². The van der Waals surface area contributed by atoms with Crippen LogP contribution in [0.15, 0.2) is 51.7 Å². The highest BCUT2D eigenvalue weighted by Gasteiger charge is 2.32. The van der Waals surface area contributed by atoms with Crippen LogP contribution >= 0.6 is 0 Å². The molecule has 0 aliphatic heterocycles. The van der Waals surface area contributed by atoms with Crippen LogP contribution in [0.1, 0.15) is 0 Å². The molecule has 146 valence electrons. The molecule has 1 N–H and O–H groups in total. The van der Waals surface area contributed by atoms with Gasteiger partial charge in [0.25, 0.3) is 5.69 Å². The van der Waals surface area contributed by atoms with Gasteiger partial charge in [0.05, 0.1) is 22.2 Å². The number of oxazole rings is 1. The van der Waals surface area contributed by atoms with E-state index < -0.39 is 35.2 Å². The SMILES string of the molecule is O=C(Cn1c(=O)oc2cc([N+](=O)[O-])ccc21)Nc1ccccc1OC(F)(F)F. The van der Waals surface area contributed by atoms with Crippen molar-refractivity contribution in [1.82, 2.24) is 4.57 Å². The van der Waals surface area contributed by atoms with Crippen LogP contribution in [0.4, 0.5) is 24.5 Å². The molecule has 0 fully saturated rings. The molecule has 1 heterocycles. The molecule has 2 aromatic carbocycles. The molecule has 0 spiro atoms. The van der Waals surface area contributed by atoms with Gasteiger partial charge in [0, 0.05) is 6.07 Å². The highest BCUT2D eigenvalue weighted by Crippen LogP contribution is 2.30. The molecule has 1 amide bonds. The zero-order valence-corrected chi connectivity index (χ0v) is 13.7. The first-order valence-electron chi connectivity index (χ1n) is 7.56. The third-order valence-electron chi connectivity index (χ3n) is 3.55. The monoisotopic (exact) mass is 397 g/mol. The van der Waals surface area contributed by atoms with Crippen molar-refractivity contribution in [1.29, 1.82) is 0 Å². The fraction of sp³-hybridized carbons (Fsp3) is 0.125. The summed E-state index contributed by atoms with van der Waals surface area (Å²) in [6.07, 6.45) is -4.95. The molecule has 0 unspecified atom stereocenters. The van der Waals surface area contributed by atoms with E-state index in [-0.39, 0.29) is 22.5 Å². The zero-order chi connectivity index (χ0) is 20.5. The van der Waals surface area contributed by atoms with Crippen molar-refractivity contribution in [3.8, 4) is 5.75 Å². The van der Waals surface area contributed by atoms with Gasteiger partial charge in [-0.1, -0.05) is 12.1 Å². The Bertz CT molecular complexity index is 1120. The standard InChI is InChI=1S/C16H10F3N3O6/c17-16(18,19)28-12-4-2-1-3-10(12)20-14(23)8-21-11-6-5-9(22(25)26)7-13(11)27-15(21)24/h1-7H,8H2,(H,20,23). The summed E-state index contributed by atoms with van der Waals surface area (Å²) in [5, 5.41) is 13.0.